The van der Waals surface area contributed by atoms with Crippen molar-refractivity contribution in [3.05, 3.63) is 59.2 Å². The zero-order valence-corrected chi connectivity index (χ0v) is 17.0. The van der Waals surface area contributed by atoms with Gasteiger partial charge in [-0.25, -0.2) is 0 Å². The van der Waals surface area contributed by atoms with E-state index >= 15 is 0 Å². The van der Waals surface area contributed by atoms with Gasteiger partial charge in [0.2, 0.25) is 0 Å². The van der Waals surface area contributed by atoms with E-state index in [-0.39, 0.29) is 12.5 Å². The lowest BCUT2D eigenvalue weighted by Gasteiger charge is -2.22. The lowest BCUT2D eigenvalue weighted by molar-refractivity contribution is -0.135. The smallest absolute Gasteiger partial charge is 0.279 e. The Balaban J connectivity index is 1.90. The summed E-state index contributed by atoms with van der Waals surface area (Å²) in [5, 5.41) is 9.17. The van der Waals surface area contributed by atoms with Crippen molar-refractivity contribution in [1.29, 1.82) is 5.26 Å². The number of amides is 2. The average molecular weight is 395 g/mol. The Morgan fingerprint density at radius 2 is 1.79 bits per heavy atom. The van der Waals surface area contributed by atoms with Gasteiger partial charge in [-0.15, -0.1) is 0 Å². The van der Waals surface area contributed by atoms with Gasteiger partial charge in [-0.1, -0.05) is 32.0 Å². The van der Waals surface area contributed by atoms with Crippen molar-refractivity contribution < 1.29 is 19.1 Å². The molecule has 0 fully saturated rings. The molecule has 29 heavy (non-hydrogen) atoms. The maximum Gasteiger partial charge on any atom is 0.279 e. The maximum absolute atomic E-state index is 12.5. The van der Waals surface area contributed by atoms with Crippen LogP contribution in [0.5, 0.6) is 11.5 Å². The minimum absolute atomic E-state index is 0.189. The summed E-state index contributed by atoms with van der Waals surface area (Å²) in [5.74, 6) is -0.325. The first kappa shape index (κ1) is 21.8. The normalized spacial score (nSPS) is 11.3. The molecule has 2 amide bonds. The monoisotopic (exact) mass is 395 g/mol. The number of hydrogen-bond acceptors (Lipinski definition) is 5. The summed E-state index contributed by atoms with van der Waals surface area (Å²) in [7, 11) is 0. The fraction of sp³-hybridized carbons (Fsp3) is 0.318. The van der Waals surface area contributed by atoms with E-state index < -0.39 is 17.9 Å². The molecule has 0 aliphatic heterocycles. The van der Waals surface area contributed by atoms with E-state index in [0.717, 1.165) is 11.1 Å². The Bertz CT molecular complexity index is 919. The second kappa shape index (κ2) is 10.1. The van der Waals surface area contributed by atoms with Gasteiger partial charge in [-0.05, 0) is 55.2 Å². The van der Waals surface area contributed by atoms with E-state index in [2.05, 4.69) is 10.9 Å². The number of nitriles is 1. The quantitative estimate of drug-likeness (QED) is 0.702. The van der Waals surface area contributed by atoms with Crippen LogP contribution < -0.4 is 20.3 Å². The number of carbonyl (C=O) groups is 2. The van der Waals surface area contributed by atoms with Crippen molar-refractivity contribution in [2.45, 2.75) is 33.8 Å². The first-order valence-corrected chi connectivity index (χ1v) is 9.26. The number of nitrogens with zero attached hydrogens (tertiary/aromatic N) is 1. The minimum Gasteiger partial charge on any atom is -0.484 e. The van der Waals surface area contributed by atoms with Crippen LogP contribution >= 0.6 is 0 Å². The number of nitrogens with one attached hydrogen (secondary N) is 2. The molecule has 7 heteroatoms. The fourth-order valence-corrected chi connectivity index (χ4v) is 2.48. The molecule has 2 aromatic rings. The van der Waals surface area contributed by atoms with Crippen LogP contribution in [-0.4, -0.2) is 24.5 Å². The number of ether oxygens (including phenoxy) is 2. The minimum atomic E-state index is -0.884. The van der Waals surface area contributed by atoms with Crippen LogP contribution in [0.2, 0.25) is 0 Å². The van der Waals surface area contributed by atoms with Gasteiger partial charge in [0, 0.05) is 0 Å². The van der Waals surface area contributed by atoms with Crippen molar-refractivity contribution in [2.24, 2.45) is 5.92 Å². The van der Waals surface area contributed by atoms with Crippen LogP contribution in [0.3, 0.4) is 0 Å². The van der Waals surface area contributed by atoms with E-state index in [1.54, 1.807) is 30.3 Å². The zero-order valence-electron chi connectivity index (χ0n) is 17.0. The molecular weight excluding hydrogens is 370 g/mol. The topological polar surface area (TPSA) is 100 Å². The van der Waals surface area contributed by atoms with Crippen LogP contribution in [0, 0.1) is 31.1 Å². The number of rotatable bonds is 7. The molecule has 0 aliphatic carbocycles. The Morgan fingerprint density at radius 1 is 1.07 bits per heavy atom. The second-order valence-corrected chi connectivity index (χ2v) is 6.96. The predicted molar refractivity (Wildman–Crippen MR) is 108 cm³/mol. The number of aryl methyl sites for hydroxylation is 2. The third kappa shape index (κ3) is 6.25. The molecular formula is C22H25N3O4. The molecule has 0 radical (unpaired) electrons. The Hall–Kier alpha value is -3.53. The van der Waals surface area contributed by atoms with Crippen molar-refractivity contribution in [3.8, 4) is 17.6 Å². The van der Waals surface area contributed by atoms with Gasteiger partial charge >= 0.3 is 0 Å². The van der Waals surface area contributed by atoms with Gasteiger partial charge in [0.15, 0.2) is 12.7 Å². The molecule has 1 unspecified atom stereocenters. The highest BCUT2D eigenvalue weighted by Gasteiger charge is 2.25. The van der Waals surface area contributed by atoms with Gasteiger partial charge in [-0.3, -0.25) is 20.4 Å². The molecule has 0 aliphatic rings. The SMILES string of the molecule is Cc1ccc(OCC(=O)NNC(=O)C(Oc2ccccc2C#N)C(C)C)cc1C. The molecule has 0 heterocycles. The molecule has 2 aromatic carbocycles. The summed E-state index contributed by atoms with van der Waals surface area (Å²) in [6, 6.07) is 14.2. The Kier molecular flexibility index (Phi) is 7.61. The first-order chi connectivity index (χ1) is 13.8. The molecule has 152 valence electrons. The molecule has 2 N–H and O–H groups in total. The number of para-hydroxylation sites is 1. The van der Waals surface area contributed by atoms with E-state index in [9.17, 15) is 9.59 Å². The summed E-state index contributed by atoms with van der Waals surface area (Å²) >= 11 is 0. The summed E-state index contributed by atoms with van der Waals surface area (Å²) in [4.78, 5) is 24.5. The molecule has 0 saturated heterocycles. The number of hydrazine groups is 1. The number of carbonyl (C=O) groups excluding carboxylic acids is 2. The molecule has 0 bridgehead atoms. The molecule has 2 rings (SSSR count). The molecule has 7 nitrogen and oxygen atoms in total. The third-order valence-electron chi connectivity index (χ3n) is 4.30. The summed E-state index contributed by atoms with van der Waals surface area (Å²) in [5.41, 5.74) is 7.19. The van der Waals surface area contributed by atoms with Crippen molar-refractivity contribution in [3.63, 3.8) is 0 Å². The molecule has 0 saturated carbocycles. The maximum atomic E-state index is 12.5. The third-order valence-corrected chi connectivity index (χ3v) is 4.30. The van der Waals surface area contributed by atoms with E-state index in [1.165, 1.54) is 0 Å². The van der Waals surface area contributed by atoms with Gasteiger partial charge in [0.05, 0.1) is 5.56 Å². The van der Waals surface area contributed by atoms with Gasteiger partial charge in [0.25, 0.3) is 11.8 Å². The highest BCUT2D eigenvalue weighted by Crippen LogP contribution is 2.20. The number of benzene rings is 2. The standard InChI is InChI=1S/C22H25N3O4/c1-14(2)21(29-19-8-6-5-7-17(19)12-23)22(27)25-24-20(26)13-28-18-10-9-15(3)16(4)11-18/h5-11,14,21H,13H2,1-4H3,(H,24,26)(H,25,27). The van der Waals surface area contributed by atoms with Crippen molar-refractivity contribution in [2.75, 3.05) is 6.61 Å². The van der Waals surface area contributed by atoms with E-state index in [4.69, 9.17) is 14.7 Å². The van der Waals surface area contributed by atoms with Crippen LogP contribution in [0.15, 0.2) is 42.5 Å². The van der Waals surface area contributed by atoms with Crippen LogP contribution in [0.4, 0.5) is 0 Å². The molecule has 0 spiro atoms. The lowest BCUT2D eigenvalue weighted by atomic mass is 10.1. The van der Waals surface area contributed by atoms with Crippen LogP contribution in [0.25, 0.3) is 0 Å². The van der Waals surface area contributed by atoms with Crippen molar-refractivity contribution >= 4 is 11.8 Å². The van der Waals surface area contributed by atoms with E-state index in [1.807, 2.05) is 45.9 Å². The van der Waals surface area contributed by atoms with E-state index in [0.29, 0.717) is 17.1 Å². The van der Waals surface area contributed by atoms with Gasteiger partial charge in [0.1, 0.15) is 17.6 Å². The summed E-state index contributed by atoms with van der Waals surface area (Å²) in [6.45, 7) is 7.32. The Labute approximate surface area is 170 Å². The van der Waals surface area contributed by atoms with Gasteiger partial charge in [-0.2, -0.15) is 5.26 Å². The summed E-state index contributed by atoms with van der Waals surface area (Å²) < 4.78 is 11.2. The van der Waals surface area contributed by atoms with Gasteiger partial charge < -0.3 is 9.47 Å². The number of hydrogen-bond donors (Lipinski definition) is 2. The second-order valence-electron chi connectivity index (χ2n) is 6.96. The van der Waals surface area contributed by atoms with Crippen LogP contribution in [-0.2, 0) is 9.59 Å². The lowest BCUT2D eigenvalue weighted by Crippen LogP contribution is -2.50. The Morgan fingerprint density at radius 3 is 2.45 bits per heavy atom. The highest BCUT2D eigenvalue weighted by atomic mass is 16.5. The van der Waals surface area contributed by atoms with Crippen molar-refractivity contribution in [1.82, 2.24) is 10.9 Å². The fourth-order valence-electron chi connectivity index (χ4n) is 2.48. The van der Waals surface area contributed by atoms with Crippen LogP contribution in [0.1, 0.15) is 30.5 Å². The average Bonchev–Trinajstić information content (AvgIpc) is 2.71. The first-order valence-electron chi connectivity index (χ1n) is 9.26. The highest BCUT2D eigenvalue weighted by molar-refractivity contribution is 5.85. The molecule has 1 atom stereocenters. The molecule has 0 aromatic heterocycles. The predicted octanol–water partition coefficient (Wildman–Crippen LogP) is 2.80. The summed E-state index contributed by atoms with van der Waals surface area (Å²) in [6.07, 6.45) is -0.884. The zero-order chi connectivity index (χ0) is 21.4. The largest absolute Gasteiger partial charge is 0.484 e.